The second-order valence-electron chi connectivity index (χ2n) is 3.05. The summed E-state index contributed by atoms with van der Waals surface area (Å²) in [5, 5.41) is 0. The Morgan fingerprint density at radius 1 is 1.38 bits per heavy atom. The largest absolute Gasteiger partial charge is 0.452 e. The summed E-state index contributed by atoms with van der Waals surface area (Å²) in [4.78, 5) is 6.02. The fourth-order valence-electron chi connectivity index (χ4n) is 0.928. The smallest absolute Gasteiger partial charge is 0.180 e. The Morgan fingerprint density at radius 2 is 2.08 bits per heavy atom. The van der Waals surface area contributed by atoms with Gasteiger partial charge >= 0.3 is 0 Å². The number of hydrogen-bond donors (Lipinski definition) is 0. The molecule has 1 aromatic heterocycles. The van der Waals surface area contributed by atoms with E-state index in [4.69, 9.17) is 4.74 Å². The van der Waals surface area contributed by atoms with E-state index in [0.717, 1.165) is 32.0 Å². The molecule has 0 radical (unpaired) electrons. The summed E-state index contributed by atoms with van der Waals surface area (Å²) in [5.41, 5.74) is 0.926. The Morgan fingerprint density at radius 3 is 2.31 bits per heavy atom. The van der Waals surface area contributed by atoms with Gasteiger partial charge < -0.3 is 14.1 Å². The fourth-order valence-corrected chi connectivity index (χ4v) is 0.928. The van der Waals surface area contributed by atoms with Crippen molar-refractivity contribution in [2.75, 3.05) is 33.4 Å². The van der Waals surface area contributed by atoms with Crippen LogP contribution in [0, 0.1) is 6.92 Å². The first kappa shape index (κ1) is 10.2. The number of ether oxygens (including phenoxy) is 1. The molecule has 1 fully saturated rings. The van der Waals surface area contributed by atoms with E-state index < -0.39 is 0 Å². The van der Waals surface area contributed by atoms with Crippen LogP contribution in [0.3, 0.4) is 0 Å². The normalized spacial score (nSPS) is 17.7. The minimum atomic E-state index is 0.913. The lowest BCUT2D eigenvalue weighted by molar-refractivity contribution is 0.0503. The first-order valence-corrected chi connectivity index (χ1v) is 4.40. The van der Waals surface area contributed by atoms with Gasteiger partial charge in [0.05, 0.1) is 18.9 Å². The minimum absolute atomic E-state index is 0.913. The van der Waals surface area contributed by atoms with E-state index in [1.807, 2.05) is 6.92 Å². The molecular formula is C9H16N2O2. The van der Waals surface area contributed by atoms with Gasteiger partial charge in [-0.15, -0.1) is 0 Å². The second kappa shape index (κ2) is 5.72. The highest BCUT2D eigenvalue weighted by atomic mass is 16.5. The number of likely N-dealkylation sites (N-methyl/N-ethyl adjacent to an activating group) is 1. The predicted molar refractivity (Wildman–Crippen MR) is 49.6 cm³/mol. The van der Waals surface area contributed by atoms with Crippen LogP contribution >= 0.6 is 0 Å². The average Bonchev–Trinajstić information content (AvgIpc) is 2.58. The van der Waals surface area contributed by atoms with Crippen LogP contribution < -0.4 is 0 Å². The first-order chi connectivity index (χ1) is 6.29. The molecule has 1 aromatic rings. The highest BCUT2D eigenvalue weighted by Crippen LogP contribution is 1.89. The molecule has 4 nitrogen and oxygen atoms in total. The minimum Gasteiger partial charge on any atom is -0.452 e. The van der Waals surface area contributed by atoms with Crippen LogP contribution in [0.25, 0.3) is 0 Å². The molecule has 1 saturated heterocycles. The van der Waals surface area contributed by atoms with Gasteiger partial charge in [-0.2, -0.15) is 0 Å². The molecule has 0 bridgehead atoms. The summed E-state index contributed by atoms with van der Waals surface area (Å²) in [6, 6.07) is 0. The van der Waals surface area contributed by atoms with Gasteiger partial charge in [0, 0.05) is 13.1 Å². The van der Waals surface area contributed by atoms with Gasteiger partial charge in [0.2, 0.25) is 0 Å². The van der Waals surface area contributed by atoms with Gasteiger partial charge in [0.1, 0.15) is 6.26 Å². The molecule has 4 heteroatoms. The summed E-state index contributed by atoms with van der Waals surface area (Å²) in [6.07, 6.45) is 3.01. The van der Waals surface area contributed by atoms with Crippen LogP contribution in [0.5, 0.6) is 0 Å². The Labute approximate surface area is 78.5 Å². The number of morpholine rings is 1. The third-order valence-electron chi connectivity index (χ3n) is 1.79. The van der Waals surface area contributed by atoms with Crippen molar-refractivity contribution in [2.24, 2.45) is 0 Å². The maximum Gasteiger partial charge on any atom is 0.180 e. The van der Waals surface area contributed by atoms with Gasteiger partial charge in [0.15, 0.2) is 6.39 Å². The maximum absolute atomic E-state index is 5.10. The topological polar surface area (TPSA) is 38.5 Å². The zero-order chi connectivity index (χ0) is 9.52. The van der Waals surface area contributed by atoms with E-state index in [-0.39, 0.29) is 0 Å². The standard InChI is InChI=1S/C5H11NO.C4H5NO/c1-6-2-4-7-5-3-6;1-4-2-6-3-5-4/h2-5H2,1H3;2-3H,1H3. The van der Waals surface area contributed by atoms with Crippen LogP contribution in [0.4, 0.5) is 0 Å². The summed E-state index contributed by atoms with van der Waals surface area (Å²) >= 11 is 0. The second-order valence-corrected chi connectivity index (χ2v) is 3.05. The number of hydrogen-bond acceptors (Lipinski definition) is 4. The molecule has 1 aliphatic rings. The summed E-state index contributed by atoms with van der Waals surface area (Å²) in [5.74, 6) is 0. The number of oxazole rings is 1. The zero-order valence-corrected chi connectivity index (χ0v) is 8.19. The average molecular weight is 184 g/mol. The lowest BCUT2D eigenvalue weighted by Crippen LogP contribution is -2.32. The van der Waals surface area contributed by atoms with Crippen LogP contribution in [0.2, 0.25) is 0 Å². The monoisotopic (exact) mass is 184 g/mol. The van der Waals surface area contributed by atoms with Crippen molar-refractivity contribution >= 4 is 0 Å². The highest BCUT2D eigenvalue weighted by molar-refractivity contribution is 4.83. The number of rotatable bonds is 0. The molecule has 0 atom stereocenters. The predicted octanol–water partition coefficient (Wildman–Crippen LogP) is 0.931. The van der Waals surface area contributed by atoms with E-state index in [1.165, 1.54) is 6.39 Å². The lowest BCUT2D eigenvalue weighted by atomic mass is 10.5. The van der Waals surface area contributed by atoms with Gasteiger partial charge in [-0.25, -0.2) is 4.98 Å². The van der Waals surface area contributed by atoms with E-state index in [0.29, 0.717) is 0 Å². The van der Waals surface area contributed by atoms with Gasteiger partial charge in [-0.05, 0) is 14.0 Å². The van der Waals surface area contributed by atoms with Gasteiger partial charge in [0.25, 0.3) is 0 Å². The molecule has 2 heterocycles. The summed E-state index contributed by atoms with van der Waals surface area (Å²) < 4.78 is 9.70. The van der Waals surface area contributed by atoms with E-state index in [9.17, 15) is 0 Å². The number of nitrogens with zero attached hydrogens (tertiary/aromatic N) is 2. The fraction of sp³-hybridized carbons (Fsp3) is 0.667. The van der Waals surface area contributed by atoms with Crippen LogP contribution in [-0.2, 0) is 4.74 Å². The highest BCUT2D eigenvalue weighted by Gasteiger charge is 2.02. The molecule has 0 N–H and O–H groups in total. The number of aryl methyl sites for hydroxylation is 1. The van der Waals surface area contributed by atoms with Gasteiger partial charge in [-0.3, -0.25) is 0 Å². The molecular weight excluding hydrogens is 168 g/mol. The van der Waals surface area contributed by atoms with Crippen molar-refractivity contribution in [3.05, 3.63) is 18.4 Å². The zero-order valence-electron chi connectivity index (χ0n) is 8.19. The molecule has 2 rings (SSSR count). The van der Waals surface area contributed by atoms with Crippen molar-refractivity contribution in [1.29, 1.82) is 0 Å². The Balaban J connectivity index is 0.000000132. The Kier molecular flexibility index (Phi) is 4.49. The molecule has 0 aromatic carbocycles. The van der Waals surface area contributed by atoms with E-state index in [2.05, 4.69) is 21.3 Å². The van der Waals surface area contributed by atoms with Crippen molar-refractivity contribution < 1.29 is 9.15 Å². The van der Waals surface area contributed by atoms with Crippen molar-refractivity contribution in [2.45, 2.75) is 6.92 Å². The van der Waals surface area contributed by atoms with Crippen LogP contribution in [0.15, 0.2) is 17.1 Å². The van der Waals surface area contributed by atoms with E-state index in [1.54, 1.807) is 6.26 Å². The molecule has 13 heavy (non-hydrogen) atoms. The molecule has 0 saturated carbocycles. The van der Waals surface area contributed by atoms with Crippen molar-refractivity contribution in [3.8, 4) is 0 Å². The molecule has 0 spiro atoms. The third-order valence-corrected chi connectivity index (χ3v) is 1.79. The van der Waals surface area contributed by atoms with Gasteiger partial charge in [-0.1, -0.05) is 0 Å². The first-order valence-electron chi connectivity index (χ1n) is 4.40. The molecule has 0 aliphatic carbocycles. The van der Waals surface area contributed by atoms with Crippen molar-refractivity contribution in [1.82, 2.24) is 9.88 Å². The molecule has 1 aliphatic heterocycles. The lowest BCUT2D eigenvalue weighted by Gasteiger charge is -2.21. The Hall–Kier alpha value is -0.870. The Bertz CT molecular complexity index is 205. The summed E-state index contributed by atoms with van der Waals surface area (Å²) in [6.45, 7) is 5.90. The van der Waals surface area contributed by atoms with E-state index >= 15 is 0 Å². The SMILES string of the molecule is CN1CCOCC1.Cc1cocn1. The molecule has 0 amide bonds. The maximum atomic E-state index is 5.10. The van der Waals surface area contributed by atoms with Crippen LogP contribution in [0.1, 0.15) is 5.69 Å². The molecule has 74 valence electrons. The van der Waals surface area contributed by atoms with Crippen LogP contribution in [-0.4, -0.2) is 43.2 Å². The van der Waals surface area contributed by atoms with Crippen molar-refractivity contribution in [3.63, 3.8) is 0 Å². The third kappa shape index (κ3) is 4.65. The quantitative estimate of drug-likeness (QED) is 0.601. The molecule has 0 unspecified atom stereocenters. The summed E-state index contributed by atoms with van der Waals surface area (Å²) in [7, 11) is 2.11. The number of aromatic nitrogens is 1.